The van der Waals surface area contributed by atoms with E-state index in [0.29, 0.717) is 12.6 Å². The summed E-state index contributed by atoms with van der Waals surface area (Å²) in [7, 11) is 0. The largest absolute Gasteiger partial charge is 0.466 e. The van der Waals surface area contributed by atoms with E-state index in [4.69, 9.17) is 9.73 Å². The molecule has 4 atom stereocenters. The number of hydrogen-bond donors (Lipinski definition) is 1. The summed E-state index contributed by atoms with van der Waals surface area (Å²) in [5.41, 5.74) is 9.87. The second-order valence-electron chi connectivity index (χ2n) is 10.1. The van der Waals surface area contributed by atoms with Crippen molar-refractivity contribution in [3.05, 3.63) is 41.0 Å². The molecule has 2 aliphatic heterocycles. The Hall–Kier alpha value is -2.14. The maximum absolute atomic E-state index is 12.4. The first kappa shape index (κ1) is 21.1. The summed E-state index contributed by atoms with van der Waals surface area (Å²) >= 11 is 0. The van der Waals surface area contributed by atoms with Crippen molar-refractivity contribution in [3.63, 3.8) is 0 Å². The van der Waals surface area contributed by atoms with Crippen LogP contribution in [0.4, 0.5) is 0 Å². The van der Waals surface area contributed by atoms with Gasteiger partial charge in [-0.2, -0.15) is 0 Å². The summed E-state index contributed by atoms with van der Waals surface area (Å²) in [5.74, 6) is 0.0396. The van der Waals surface area contributed by atoms with Crippen molar-refractivity contribution in [2.24, 2.45) is 22.2 Å². The summed E-state index contributed by atoms with van der Waals surface area (Å²) in [5, 5.41) is 2.26. The van der Waals surface area contributed by atoms with Crippen molar-refractivity contribution in [1.29, 1.82) is 0 Å². The van der Waals surface area contributed by atoms with Gasteiger partial charge in [0, 0.05) is 29.7 Å². The molecular formula is C25H35N3O2. The molecule has 5 nitrogen and oxygen atoms in total. The first-order valence-electron chi connectivity index (χ1n) is 11.3. The van der Waals surface area contributed by atoms with Crippen molar-refractivity contribution in [3.8, 4) is 0 Å². The minimum Gasteiger partial charge on any atom is -0.466 e. The van der Waals surface area contributed by atoms with Gasteiger partial charge in [-0.1, -0.05) is 44.5 Å². The number of carbonyl (C=O) groups is 1. The van der Waals surface area contributed by atoms with Gasteiger partial charge < -0.3 is 4.74 Å². The lowest BCUT2D eigenvalue weighted by Gasteiger charge is -2.39. The van der Waals surface area contributed by atoms with Crippen LogP contribution in [0, 0.1) is 31.1 Å². The molecule has 1 aromatic carbocycles. The molecular weight excluding hydrogens is 374 g/mol. The molecule has 0 amide bonds. The zero-order valence-corrected chi connectivity index (χ0v) is 19.2. The number of aliphatic imine (C=N–C) groups is 1. The highest BCUT2D eigenvalue weighted by molar-refractivity contribution is 6.05. The molecule has 0 spiro atoms. The number of rotatable bonds is 4. The third-order valence-corrected chi connectivity index (χ3v) is 6.83. The van der Waals surface area contributed by atoms with Crippen molar-refractivity contribution in [2.75, 3.05) is 6.61 Å². The van der Waals surface area contributed by atoms with Crippen LogP contribution in [0.3, 0.4) is 0 Å². The number of aryl methyl sites for hydroxylation is 2. The topological polar surface area (TPSA) is 53.9 Å². The number of allylic oxidation sites excluding steroid dienone is 1. The third-order valence-electron chi connectivity index (χ3n) is 6.83. The fourth-order valence-corrected chi connectivity index (χ4v) is 4.83. The van der Waals surface area contributed by atoms with Crippen molar-refractivity contribution < 1.29 is 9.53 Å². The Kier molecular flexibility index (Phi) is 5.52. The normalized spacial score (nSPS) is 28.4. The summed E-state index contributed by atoms with van der Waals surface area (Å²) in [6.45, 7) is 13.4. The van der Waals surface area contributed by atoms with Gasteiger partial charge >= 0.3 is 5.97 Å². The van der Waals surface area contributed by atoms with Gasteiger partial charge in [0.25, 0.3) is 0 Å². The molecule has 30 heavy (non-hydrogen) atoms. The monoisotopic (exact) mass is 409 g/mol. The molecule has 4 rings (SSSR count). The molecule has 5 heteroatoms. The average Bonchev–Trinajstić information content (AvgIpc) is 3.05. The Morgan fingerprint density at radius 3 is 2.63 bits per heavy atom. The van der Waals surface area contributed by atoms with Crippen LogP contribution < -0.4 is 5.43 Å². The second-order valence-corrected chi connectivity index (χ2v) is 10.1. The molecule has 1 saturated heterocycles. The predicted molar refractivity (Wildman–Crippen MR) is 121 cm³/mol. The van der Waals surface area contributed by atoms with Crippen LogP contribution in [0.15, 0.2) is 29.3 Å². The molecule has 1 saturated carbocycles. The van der Waals surface area contributed by atoms with E-state index in [0.717, 1.165) is 25.0 Å². The minimum atomic E-state index is -0.0718. The highest BCUT2D eigenvalue weighted by atomic mass is 16.5. The van der Waals surface area contributed by atoms with Gasteiger partial charge in [0.2, 0.25) is 0 Å². The second kappa shape index (κ2) is 7.84. The van der Waals surface area contributed by atoms with Crippen molar-refractivity contribution in [2.45, 2.75) is 73.0 Å². The molecule has 0 aromatic heterocycles. The minimum absolute atomic E-state index is 0.0559. The van der Waals surface area contributed by atoms with Gasteiger partial charge in [-0.05, 0) is 50.7 Å². The molecule has 1 aliphatic carbocycles. The molecule has 2 heterocycles. The van der Waals surface area contributed by atoms with Crippen molar-refractivity contribution in [1.82, 2.24) is 10.4 Å². The highest BCUT2D eigenvalue weighted by Gasteiger charge is 2.45. The van der Waals surface area contributed by atoms with Gasteiger partial charge in [-0.3, -0.25) is 14.8 Å². The molecule has 0 bridgehead atoms. The first-order chi connectivity index (χ1) is 14.2. The number of carbonyl (C=O) groups excluding carboxylic acids is 1. The maximum Gasteiger partial charge on any atom is 0.309 e. The predicted octanol–water partition coefficient (Wildman–Crippen LogP) is 4.64. The first-order valence-corrected chi connectivity index (χ1v) is 11.3. The van der Waals surface area contributed by atoms with Gasteiger partial charge in [0.1, 0.15) is 6.17 Å². The van der Waals surface area contributed by atoms with Crippen LogP contribution in [-0.2, 0) is 9.53 Å². The van der Waals surface area contributed by atoms with E-state index < -0.39 is 0 Å². The van der Waals surface area contributed by atoms with Crippen LogP contribution in [-0.4, -0.2) is 35.5 Å². The molecule has 1 N–H and O–H groups in total. The zero-order chi connectivity index (χ0) is 21.6. The van der Waals surface area contributed by atoms with E-state index in [1.54, 1.807) is 0 Å². The van der Waals surface area contributed by atoms with Crippen LogP contribution in [0.2, 0.25) is 0 Å². The number of hydrogen-bond acceptors (Lipinski definition) is 5. The van der Waals surface area contributed by atoms with Gasteiger partial charge in [0.15, 0.2) is 0 Å². The van der Waals surface area contributed by atoms with Crippen LogP contribution in [0.1, 0.15) is 63.6 Å². The molecule has 3 aliphatic rings. The number of nitrogens with zero attached hydrogens (tertiary/aromatic N) is 2. The summed E-state index contributed by atoms with van der Waals surface area (Å²) in [6.07, 6.45) is 5.14. The van der Waals surface area contributed by atoms with Crippen molar-refractivity contribution >= 4 is 17.4 Å². The number of benzene rings is 1. The summed E-state index contributed by atoms with van der Waals surface area (Å²) in [6, 6.07) is 6.97. The standard InChI is InChI=1S/C25H35N3O2/c1-7-30-24(29)19-11-10-18(19)20-13-21(17-9-8-15(2)12-16(17)3)28-23(26-20)14-22(27-28)25(4,5)6/h8-9,12-13,18-19,22-23,27H,7,10-11,14H2,1-6H3. The number of esters is 1. The Bertz CT molecular complexity index is 896. The van der Waals surface area contributed by atoms with Gasteiger partial charge in [-0.15, -0.1) is 0 Å². The summed E-state index contributed by atoms with van der Waals surface area (Å²) in [4.78, 5) is 17.6. The number of ether oxygens (including phenoxy) is 1. The van der Waals surface area contributed by atoms with E-state index in [1.807, 2.05) is 6.92 Å². The Labute approximate surface area is 180 Å². The maximum atomic E-state index is 12.4. The smallest absolute Gasteiger partial charge is 0.309 e. The SMILES string of the molecule is CCOC(=O)C1CCC1C1=NC2CC(C(C)(C)C)NN2C(c2ccc(C)cc2C)=C1. The van der Waals surface area contributed by atoms with Crippen LogP contribution in [0.25, 0.3) is 5.70 Å². The van der Waals surface area contributed by atoms with Gasteiger partial charge in [-0.25, -0.2) is 5.43 Å². The number of nitrogens with one attached hydrogen (secondary N) is 1. The Morgan fingerprint density at radius 1 is 1.27 bits per heavy atom. The average molecular weight is 410 g/mol. The highest BCUT2D eigenvalue weighted by Crippen LogP contribution is 2.42. The van der Waals surface area contributed by atoms with E-state index in [2.05, 4.69) is 69.3 Å². The number of fused-ring (bicyclic) bond motifs is 1. The lowest BCUT2D eigenvalue weighted by atomic mass is 9.70. The number of hydrazine groups is 1. The van der Waals surface area contributed by atoms with E-state index >= 15 is 0 Å². The Balaban J connectivity index is 1.71. The van der Waals surface area contributed by atoms with E-state index in [9.17, 15) is 4.79 Å². The molecule has 162 valence electrons. The molecule has 0 radical (unpaired) electrons. The quantitative estimate of drug-likeness (QED) is 0.736. The van der Waals surface area contributed by atoms with Crippen LogP contribution in [0.5, 0.6) is 0 Å². The lowest BCUT2D eigenvalue weighted by Crippen LogP contribution is -2.45. The molecule has 2 fully saturated rings. The third kappa shape index (κ3) is 3.80. The summed E-state index contributed by atoms with van der Waals surface area (Å²) < 4.78 is 5.32. The van der Waals surface area contributed by atoms with Gasteiger partial charge in [0.05, 0.1) is 18.2 Å². The Morgan fingerprint density at radius 2 is 2.03 bits per heavy atom. The molecule has 1 aromatic rings. The van der Waals surface area contributed by atoms with Crippen LogP contribution >= 0.6 is 0 Å². The zero-order valence-electron chi connectivity index (χ0n) is 19.2. The fourth-order valence-electron chi connectivity index (χ4n) is 4.83. The fraction of sp³-hybridized carbons (Fsp3) is 0.600. The lowest BCUT2D eigenvalue weighted by molar-refractivity contribution is -0.152. The van der Waals surface area contributed by atoms with E-state index in [1.165, 1.54) is 22.4 Å². The van der Waals surface area contributed by atoms with E-state index in [-0.39, 0.29) is 29.4 Å². The molecule has 4 unspecified atom stereocenters.